The van der Waals surface area contributed by atoms with E-state index in [1.54, 1.807) is 7.11 Å². The van der Waals surface area contributed by atoms with Gasteiger partial charge in [-0.25, -0.2) is 0 Å². The molecule has 1 nitrogen and oxygen atoms in total. The third-order valence-corrected chi connectivity index (χ3v) is 4.47. The van der Waals surface area contributed by atoms with Gasteiger partial charge in [-0.15, -0.1) is 0 Å². The lowest BCUT2D eigenvalue weighted by Gasteiger charge is -2.56. The fraction of sp³-hybridized carbons (Fsp3) is 0.733. The molecule has 0 heterocycles. The summed E-state index contributed by atoms with van der Waals surface area (Å²) in [5.74, 6) is 0. The topological polar surface area (TPSA) is 9.23 Å². The summed E-state index contributed by atoms with van der Waals surface area (Å²) >= 11 is 3.62. The zero-order valence-electron chi connectivity index (χ0n) is 12.1. The molecule has 0 amide bonds. The lowest BCUT2D eigenvalue weighted by Crippen LogP contribution is -2.54. The molecule has 0 saturated heterocycles. The Labute approximate surface area is 114 Å². The maximum Gasteiger partial charge on any atom is 0.0856 e. The highest BCUT2D eigenvalue weighted by Gasteiger charge is 2.54. The summed E-state index contributed by atoms with van der Waals surface area (Å²) in [7, 11) is 1.80. The van der Waals surface area contributed by atoms with E-state index in [4.69, 9.17) is 4.74 Å². The SMILES string of the molecule is COC1C=CC(Br)=CC1(C(C)(C)C)C(C)(C)C. The van der Waals surface area contributed by atoms with Gasteiger partial charge in [0.1, 0.15) is 0 Å². The van der Waals surface area contributed by atoms with Gasteiger partial charge in [0.15, 0.2) is 0 Å². The minimum atomic E-state index is -0.0255. The van der Waals surface area contributed by atoms with Gasteiger partial charge in [0.05, 0.1) is 6.10 Å². The number of allylic oxidation sites excluding steroid dienone is 2. The van der Waals surface area contributed by atoms with Crippen LogP contribution in [0.1, 0.15) is 41.5 Å². The van der Waals surface area contributed by atoms with Gasteiger partial charge in [-0.1, -0.05) is 69.6 Å². The van der Waals surface area contributed by atoms with Gasteiger partial charge in [-0.2, -0.15) is 0 Å². The van der Waals surface area contributed by atoms with E-state index >= 15 is 0 Å². The van der Waals surface area contributed by atoms with Crippen molar-refractivity contribution in [3.8, 4) is 0 Å². The number of halogens is 1. The van der Waals surface area contributed by atoms with Crippen molar-refractivity contribution in [1.29, 1.82) is 0 Å². The number of methoxy groups -OCH3 is 1. The second kappa shape index (κ2) is 4.55. The highest BCUT2D eigenvalue weighted by atomic mass is 79.9. The van der Waals surface area contributed by atoms with Crippen LogP contribution in [0.15, 0.2) is 22.7 Å². The Balaban J connectivity index is 3.46. The van der Waals surface area contributed by atoms with Gasteiger partial charge < -0.3 is 4.74 Å². The molecular weight excluding hydrogens is 276 g/mol. The van der Waals surface area contributed by atoms with Crippen molar-refractivity contribution >= 4 is 15.9 Å². The van der Waals surface area contributed by atoms with Crippen LogP contribution in [0.2, 0.25) is 0 Å². The summed E-state index contributed by atoms with van der Waals surface area (Å²) in [6.07, 6.45) is 6.70. The quantitative estimate of drug-likeness (QED) is 0.667. The van der Waals surface area contributed by atoms with Crippen molar-refractivity contribution in [1.82, 2.24) is 0 Å². The Morgan fingerprint density at radius 3 is 1.94 bits per heavy atom. The van der Waals surface area contributed by atoms with Gasteiger partial charge in [0, 0.05) is 17.0 Å². The first-order chi connectivity index (χ1) is 7.56. The molecule has 0 aliphatic heterocycles. The second-order valence-corrected chi connectivity index (χ2v) is 7.83. The Bertz CT molecular complexity index is 325. The van der Waals surface area contributed by atoms with Gasteiger partial charge in [-0.3, -0.25) is 0 Å². The number of ether oxygens (including phenoxy) is 1. The standard InChI is InChI=1S/C15H25BrO/c1-13(2,3)15(14(4,5)6)10-11(16)8-9-12(15)17-7/h8-10,12H,1-7H3. The Morgan fingerprint density at radius 2 is 1.59 bits per heavy atom. The number of rotatable bonds is 1. The van der Waals surface area contributed by atoms with E-state index in [1.807, 2.05) is 0 Å². The fourth-order valence-corrected chi connectivity index (χ4v) is 3.87. The predicted octanol–water partition coefficient (Wildman–Crippen LogP) is 4.93. The summed E-state index contributed by atoms with van der Waals surface area (Å²) < 4.78 is 6.90. The first kappa shape index (κ1) is 15.0. The molecule has 0 aromatic rings. The molecule has 17 heavy (non-hydrogen) atoms. The monoisotopic (exact) mass is 300 g/mol. The maximum atomic E-state index is 5.76. The molecule has 0 radical (unpaired) electrons. The Kier molecular flexibility index (Phi) is 4.01. The third-order valence-electron chi connectivity index (χ3n) is 3.98. The lowest BCUT2D eigenvalue weighted by molar-refractivity contribution is -0.0875. The molecule has 1 aliphatic rings. The van der Waals surface area contributed by atoms with E-state index in [-0.39, 0.29) is 22.3 Å². The van der Waals surface area contributed by atoms with Gasteiger partial charge in [0.2, 0.25) is 0 Å². The molecule has 0 aromatic heterocycles. The van der Waals surface area contributed by atoms with Crippen LogP contribution in [-0.4, -0.2) is 13.2 Å². The molecule has 2 heteroatoms. The summed E-state index contributed by atoms with van der Waals surface area (Å²) in [6, 6.07) is 0. The molecular formula is C15H25BrO. The van der Waals surface area contributed by atoms with Gasteiger partial charge in [-0.05, 0) is 16.9 Å². The van der Waals surface area contributed by atoms with E-state index in [0.29, 0.717) is 0 Å². The van der Waals surface area contributed by atoms with Crippen molar-refractivity contribution in [2.24, 2.45) is 16.2 Å². The van der Waals surface area contributed by atoms with Crippen molar-refractivity contribution in [3.63, 3.8) is 0 Å². The fourth-order valence-electron chi connectivity index (χ4n) is 3.35. The summed E-state index contributed by atoms with van der Waals surface area (Å²) in [4.78, 5) is 0. The molecule has 98 valence electrons. The van der Waals surface area contributed by atoms with E-state index < -0.39 is 0 Å². The first-order valence-corrected chi connectivity index (χ1v) is 6.95. The van der Waals surface area contributed by atoms with Crippen LogP contribution >= 0.6 is 15.9 Å². The molecule has 0 bridgehead atoms. The van der Waals surface area contributed by atoms with Gasteiger partial charge >= 0.3 is 0 Å². The zero-order chi connectivity index (χ0) is 13.5. The van der Waals surface area contributed by atoms with Gasteiger partial charge in [0.25, 0.3) is 0 Å². The Morgan fingerprint density at radius 1 is 1.12 bits per heavy atom. The molecule has 0 fully saturated rings. The minimum Gasteiger partial charge on any atom is -0.376 e. The summed E-state index contributed by atoms with van der Waals surface area (Å²) in [5, 5.41) is 0. The van der Waals surface area contributed by atoms with Crippen molar-refractivity contribution in [2.75, 3.05) is 7.11 Å². The van der Waals surface area contributed by atoms with E-state index in [1.165, 1.54) is 0 Å². The molecule has 1 unspecified atom stereocenters. The average Bonchev–Trinajstić information content (AvgIpc) is 2.14. The highest BCUT2D eigenvalue weighted by molar-refractivity contribution is 9.11. The molecule has 0 N–H and O–H groups in total. The van der Waals surface area contributed by atoms with Crippen LogP contribution in [0.5, 0.6) is 0 Å². The first-order valence-electron chi connectivity index (χ1n) is 6.15. The summed E-state index contributed by atoms with van der Waals surface area (Å²) in [6.45, 7) is 13.8. The van der Waals surface area contributed by atoms with E-state index in [2.05, 4.69) is 75.7 Å². The van der Waals surface area contributed by atoms with Crippen molar-refractivity contribution < 1.29 is 4.74 Å². The van der Waals surface area contributed by atoms with E-state index in [0.717, 1.165) is 4.48 Å². The predicted molar refractivity (Wildman–Crippen MR) is 78.3 cm³/mol. The van der Waals surface area contributed by atoms with E-state index in [9.17, 15) is 0 Å². The maximum absolute atomic E-state index is 5.76. The molecule has 1 rings (SSSR count). The molecule has 1 atom stereocenters. The number of hydrogen-bond donors (Lipinski definition) is 0. The third kappa shape index (κ3) is 2.39. The molecule has 0 aromatic carbocycles. The van der Waals surface area contributed by atoms with Crippen LogP contribution in [0.25, 0.3) is 0 Å². The average molecular weight is 301 g/mol. The van der Waals surface area contributed by atoms with Crippen LogP contribution in [0.3, 0.4) is 0 Å². The zero-order valence-corrected chi connectivity index (χ0v) is 13.7. The second-order valence-electron chi connectivity index (χ2n) is 6.91. The van der Waals surface area contributed by atoms with Crippen molar-refractivity contribution in [2.45, 2.75) is 47.6 Å². The summed E-state index contributed by atoms with van der Waals surface area (Å²) in [5.41, 5.74) is 0.216. The van der Waals surface area contributed by atoms with Crippen molar-refractivity contribution in [3.05, 3.63) is 22.7 Å². The molecule has 1 aliphatic carbocycles. The van der Waals surface area contributed by atoms with Crippen LogP contribution in [0.4, 0.5) is 0 Å². The minimum absolute atomic E-state index is 0.0255. The highest BCUT2D eigenvalue weighted by Crippen LogP contribution is 2.58. The normalized spacial score (nSPS) is 24.7. The smallest absolute Gasteiger partial charge is 0.0856 e. The number of hydrogen-bond acceptors (Lipinski definition) is 1. The van der Waals surface area contributed by atoms with Crippen LogP contribution in [-0.2, 0) is 4.74 Å². The lowest BCUT2D eigenvalue weighted by atomic mass is 9.50. The molecule has 0 saturated carbocycles. The van der Waals surface area contributed by atoms with Crippen LogP contribution < -0.4 is 0 Å². The Hall–Kier alpha value is -0.0800. The largest absolute Gasteiger partial charge is 0.376 e. The molecule has 0 spiro atoms. The van der Waals surface area contributed by atoms with Crippen LogP contribution in [0, 0.1) is 16.2 Å².